The van der Waals surface area contributed by atoms with Gasteiger partial charge in [-0.25, -0.2) is 4.79 Å². The van der Waals surface area contributed by atoms with Crippen molar-refractivity contribution in [1.29, 1.82) is 0 Å². The molecule has 4 atom stereocenters. The van der Waals surface area contributed by atoms with Gasteiger partial charge in [-0.05, 0) is 75.9 Å². The number of carboxylic acid groups (broad SMARTS) is 1. The molecule has 0 radical (unpaired) electrons. The fourth-order valence-corrected chi connectivity index (χ4v) is 5.86. The molecule has 5 nitrogen and oxygen atoms in total. The van der Waals surface area contributed by atoms with E-state index in [9.17, 15) is 14.7 Å². The lowest BCUT2D eigenvalue weighted by molar-refractivity contribution is -0.152. The smallest absolute Gasteiger partial charge is 0.326 e. The molecule has 1 aliphatic carbocycles. The summed E-state index contributed by atoms with van der Waals surface area (Å²) in [5.41, 5.74) is 1.39. The van der Waals surface area contributed by atoms with Gasteiger partial charge in [0.15, 0.2) is 0 Å². The van der Waals surface area contributed by atoms with Gasteiger partial charge in [0.05, 0.1) is 6.04 Å². The van der Waals surface area contributed by atoms with Gasteiger partial charge in [-0.3, -0.25) is 9.69 Å². The number of carbonyl (C=O) groups excluding carboxylic acids is 1. The van der Waals surface area contributed by atoms with E-state index in [4.69, 9.17) is 0 Å². The van der Waals surface area contributed by atoms with Crippen LogP contribution in [0.5, 0.6) is 0 Å². The minimum atomic E-state index is -0.832. The molecule has 158 valence electrons. The van der Waals surface area contributed by atoms with Gasteiger partial charge in [0.2, 0.25) is 5.91 Å². The van der Waals surface area contributed by atoms with Gasteiger partial charge in [0.1, 0.15) is 6.04 Å². The molecule has 2 heterocycles. The standard InChI is InChI=1S/C24H34N2O3/c1-17(25-13-11-19(12-14-25)15-18-7-3-2-4-8-18)23(27)26-21-10-6-5-9-20(21)16-22(26)24(28)29/h2-4,7-8,17,19-22H,5-6,9-16H2,1H3,(H,28,29). The molecule has 1 saturated carbocycles. The molecule has 5 heteroatoms. The largest absolute Gasteiger partial charge is 0.480 e. The van der Waals surface area contributed by atoms with Crippen LogP contribution in [-0.2, 0) is 16.0 Å². The van der Waals surface area contributed by atoms with Crippen molar-refractivity contribution < 1.29 is 14.7 Å². The molecule has 0 aromatic heterocycles. The van der Waals surface area contributed by atoms with Gasteiger partial charge in [-0.2, -0.15) is 0 Å². The highest BCUT2D eigenvalue weighted by Gasteiger charge is 2.48. The Balaban J connectivity index is 1.37. The van der Waals surface area contributed by atoms with Crippen molar-refractivity contribution in [2.24, 2.45) is 11.8 Å². The van der Waals surface area contributed by atoms with Crippen LogP contribution in [0.3, 0.4) is 0 Å². The molecule has 3 fully saturated rings. The van der Waals surface area contributed by atoms with E-state index in [2.05, 4.69) is 35.2 Å². The molecule has 1 aromatic carbocycles. The maximum absolute atomic E-state index is 13.4. The zero-order valence-electron chi connectivity index (χ0n) is 17.5. The molecule has 0 bridgehead atoms. The van der Waals surface area contributed by atoms with E-state index in [0.717, 1.165) is 51.6 Å². The van der Waals surface area contributed by atoms with E-state index in [-0.39, 0.29) is 18.0 Å². The third kappa shape index (κ3) is 4.35. The van der Waals surface area contributed by atoms with Gasteiger partial charge in [0, 0.05) is 6.04 Å². The number of rotatable bonds is 5. The molecular formula is C24H34N2O3. The van der Waals surface area contributed by atoms with Gasteiger partial charge < -0.3 is 10.0 Å². The maximum Gasteiger partial charge on any atom is 0.326 e. The van der Waals surface area contributed by atoms with E-state index in [1.54, 1.807) is 4.90 Å². The predicted octanol–water partition coefficient (Wildman–Crippen LogP) is 3.57. The molecule has 3 aliphatic rings. The highest BCUT2D eigenvalue weighted by Crippen LogP contribution is 2.40. The van der Waals surface area contributed by atoms with Crippen molar-refractivity contribution in [1.82, 2.24) is 9.80 Å². The lowest BCUT2D eigenvalue weighted by Gasteiger charge is -2.40. The van der Waals surface area contributed by atoms with Gasteiger partial charge >= 0.3 is 5.97 Å². The molecule has 29 heavy (non-hydrogen) atoms. The van der Waals surface area contributed by atoms with Crippen molar-refractivity contribution in [3.63, 3.8) is 0 Å². The van der Waals surface area contributed by atoms with E-state index < -0.39 is 12.0 Å². The van der Waals surface area contributed by atoms with Crippen molar-refractivity contribution in [2.45, 2.75) is 76.4 Å². The molecule has 2 saturated heterocycles. The lowest BCUT2D eigenvalue weighted by atomic mass is 9.84. The van der Waals surface area contributed by atoms with Gasteiger partial charge in [0.25, 0.3) is 0 Å². The first-order valence-electron chi connectivity index (χ1n) is 11.4. The maximum atomic E-state index is 13.4. The van der Waals surface area contributed by atoms with Crippen molar-refractivity contribution in [3.8, 4) is 0 Å². The van der Waals surface area contributed by atoms with Gasteiger partial charge in [-0.1, -0.05) is 43.2 Å². The molecule has 0 spiro atoms. The van der Waals surface area contributed by atoms with Crippen LogP contribution < -0.4 is 0 Å². The number of amides is 1. The van der Waals surface area contributed by atoms with Crippen LogP contribution in [0, 0.1) is 11.8 Å². The normalized spacial score (nSPS) is 29.4. The molecule has 2 aliphatic heterocycles. The number of carboxylic acids is 1. The minimum Gasteiger partial charge on any atom is -0.480 e. The predicted molar refractivity (Wildman–Crippen MR) is 113 cm³/mol. The van der Waals surface area contributed by atoms with E-state index in [0.29, 0.717) is 18.3 Å². The number of hydrogen-bond donors (Lipinski definition) is 1. The molecule has 1 aromatic rings. The lowest BCUT2D eigenvalue weighted by Crippen LogP contribution is -2.55. The number of fused-ring (bicyclic) bond motifs is 1. The molecular weight excluding hydrogens is 364 g/mol. The summed E-state index contributed by atoms with van der Waals surface area (Å²) in [6.45, 7) is 3.82. The van der Waals surface area contributed by atoms with E-state index >= 15 is 0 Å². The number of aliphatic carboxylic acids is 1. The van der Waals surface area contributed by atoms with Crippen LogP contribution in [0.15, 0.2) is 30.3 Å². The summed E-state index contributed by atoms with van der Waals surface area (Å²) in [5.74, 6) is 0.240. The zero-order valence-corrected chi connectivity index (χ0v) is 17.5. The highest BCUT2D eigenvalue weighted by molar-refractivity contribution is 5.87. The third-order valence-electron chi connectivity index (χ3n) is 7.55. The topological polar surface area (TPSA) is 60.9 Å². The van der Waals surface area contributed by atoms with E-state index in [1.165, 1.54) is 12.0 Å². The second kappa shape index (κ2) is 8.86. The number of nitrogens with zero attached hydrogens (tertiary/aromatic N) is 2. The second-order valence-corrected chi connectivity index (χ2v) is 9.29. The zero-order chi connectivity index (χ0) is 20.4. The SMILES string of the molecule is CC(C(=O)N1C(C(=O)O)CC2CCCCC21)N1CCC(Cc2ccccc2)CC1. The summed E-state index contributed by atoms with van der Waals surface area (Å²) < 4.78 is 0. The Morgan fingerprint density at radius 3 is 2.45 bits per heavy atom. The van der Waals surface area contributed by atoms with Crippen LogP contribution in [-0.4, -0.2) is 58.0 Å². The Labute approximate surface area is 174 Å². The number of carbonyl (C=O) groups is 2. The molecule has 4 unspecified atom stereocenters. The van der Waals surface area contributed by atoms with Crippen molar-refractivity contribution in [3.05, 3.63) is 35.9 Å². The number of piperidine rings is 1. The number of benzene rings is 1. The number of hydrogen-bond acceptors (Lipinski definition) is 3. The molecule has 4 rings (SSSR count). The third-order valence-corrected chi connectivity index (χ3v) is 7.55. The fourth-order valence-electron chi connectivity index (χ4n) is 5.86. The summed E-state index contributed by atoms with van der Waals surface area (Å²) >= 11 is 0. The Morgan fingerprint density at radius 1 is 1.07 bits per heavy atom. The summed E-state index contributed by atoms with van der Waals surface area (Å²) in [7, 11) is 0. The van der Waals surface area contributed by atoms with Crippen LogP contribution in [0.4, 0.5) is 0 Å². The minimum absolute atomic E-state index is 0.0355. The van der Waals surface area contributed by atoms with Crippen LogP contribution in [0.2, 0.25) is 0 Å². The highest BCUT2D eigenvalue weighted by atomic mass is 16.4. The van der Waals surface area contributed by atoms with Crippen LogP contribution in [0.25, 0.3) is 0 Å². The van der Waals surface area contributed by atoms with E-state index in [1.807, 2.05) is 6.92 Å². The fraction of sp³-hybridized carbons (Fsp3) is 0.667. The first-order chi connectivity index (χ1) is 14.0. The van der Waals surface area contributed by atoms with Gasteiger partial charge in [-0.15, -0.1) is 0 Å². The summed E-state index contributed by atoms with van der Waals surface area (Å²) in [4.78, 5) is 29.3. The Kier molecular flexibility index (Phi) is 6.23. The Morgan fingerprint density at radius 2 is 1.76 bits per heavy atom. The average Bonchev–Trinajstić information content (AvgIpc) is 3.14. The summed E-state index contributed by atoms with van der Waals surface area (Å²) in [5, 5.41) is 9.74. The van der Waals surface area contributed by atoms with Crippen LogP contribution >= 0.6 is 0 Å². The Bertz CT molecular complexity index is 714. The van der Waals surface area contributed by atoms with Crippen molar-refractivity contribution >= 4 is 11.9 Å². The monoisotopic (exact) mass is 398 g/mol. The average molecular weight is 399 g/mol. The summed E-state index contributed by atoms with van der Waals surface area (Å²) in [6, 6.07) is 9.91. The Hall–Kier alpha value is -1.88. The molecule has 1 N–H and O–H groups in total. The molecule has 1 amide bonds. The number of likely N-dealkylation sites (tertiary alicyclic amines) is 2. The quantitative estimate of drug-likeness (QED) is 0.824. The van der Waals surface area contributed by atoms with Crippen LogP contribution in [0.1, 0.15) is 57.4 Å². The first-order valence-corrected chi connectivity index (χ1v) is 11.4. The first kappa shape index (κ1) is 20.4. The van der Waals surface area contributed by atoms with Crippen molar-refractivity contribution in [2.75, 3.05) is 13.1 Å². The second-order valence-electron chi connectivity index (χ2n) is 9.29. The summed E-state index contributed by atoms with van der Waals surface area (Å²) in [6.07, 6.45) is 8.24.